The first-order valence-electron chi connectivity index (χ1n) is 5.47. The number of aromatic amines is 1. The summed E-state index contributed by atoms with van der Waals surface area (Å²) in [6, 6.07) is 17.6. The Kier molecular flexibility index (Phi) is 5.83. The van der Waals surface area contributed by atoms with E-state index in [0.717, 1.165) is 11.0 Å². The maximum absolute atomic E-state index is 5.21. The minimum atomic E-state index is -0.000874. The fourth-order valence-electron chi connectivity index (χ4n) is 1.44. The zero-order chi connectivity index (χ0) is 12.8. The number of H-pyrrole nitrogens is 1. The van der Waals surface area contributed by atoms with Crippen LogP contribution in [0.2, 0.25) is 0 Å². The summed E-state index contributed by atoms with van der Waals surface area (Å²) in [4.78, 5) is 10.9. The summed E-state index contributed by atoms with van der Waals surface area (Å²) in [5, 5.41) is 0. The molecule has 1 heterocycles. The molecule has 0 spiro atoms. The van der Waals surface area contributed by atoms with E-state index in [-0.39, 0.29) is 25.4 Å². The molecule has 1 radical (unpaired) electrons. The summed E-state index contributed by atoms with van der Waals surface area (Å²) >= 11 is 0. The van der Waals surface area contributed by atoms with E-state index in [1.54, 1.807) is 0 Å². The molecular formula is C13H14N5Ru. The van der Waals surface area contributed by atoms with Crippen molar-refractivity contribution in [3.8, 4) is 0 Å². The molecule has 6 heteroatoms. The smallest absolute Gasteiger partial charge is 0.370 e. The molecule has 0 atom stereocenters. The molecule has 5 N–H and O–H groups in total. The van der Waals surface area contributed by atoms with E-state index in [1.807, 2.05) is 54.6 Å². The number of imidazole rings is 1. The van der Waals surface area contributed by atoms with Crippen LogP contribution in [0.4, 0.5) is 5.95 Å². The van der Waals surface area contributed by atoms with Gasteiger partial charge >= 0.3 is 19.5 Å². The molecule has 99 valence electrons. The van der Waals surface area contributed by atoms with Gasteiger partial charge < -0.3 is 16.5 Å². The summed E-state index contributed by atoms with van der Waals surface area (Å²) in [6.07, 6.45) is 0. The van der Waals surface area contributed by atoms with Gasteiger partial charge in [0.15, 0.2) is 5.96 Å². The van der Waals surface area contributed by atoms with E-state index in [1.165, 1.54) is 0 Å². The first-order chi connectivity index (χ1) is 8.75. The van der Waals surface area contributed by atoms with Crippen LogP contribution in [0.5, 0.6) is 0 Å². The fourth-order valence-corrected chi connectivity index (χ4v) is 1.44. The van der Waals surface area contributed by atoms with Crippen LogP contribution in [-0.4, -0.2) is 15.9 Å². The van der Waals surface area contributed by atoms with Crippen LogP contribution >= 0.6 is 0 Å². The fraction of sp³-hybridized carbons (Fsp3) is 0. The van der Waals surface area contributed by atoms with Crippen molar-refractivity contribution in [1.29, 1.82) is 0 Å². The van der Waals surface area contributed by atoms with Crippen molar-refractivity contribution in [2.45, 2.75) is 0 Å². The number of rotatable bonds is 1. The number of fused-ring (bicyclic) bond motifs is 1. The largest absolute Gasteiger partial charge is 1.00 e. The van der Waals surface area contributed by atoms with Crippen LogP contribution in [0.15, 0.2) is 59.6 Å². The Hall–Kier alpha value is -2.07. The molecule has 3 aromatic rings. The van der Waals surface area contributed by atoms with Crippen molar-refractivity contribution in [2.75, 3.05) is 0 Å². The maximum Gasteiger partial charge on any atom is 1.00 e. The predicted molar refractivity (Wildman–Crippen MR) is 73.6 cm³/mol. The van der Waals surface area contributed by atoms with Crippen LogP contribution < -0.4 is 11.5 Å². The molecule has 0 aliphatic heterocycles. The second-order valence-electron chi connectivity index (χ2n) is 3.58. The third-order valence-electron chi connectivity index (χ3n) is 2.17. The molecular weight excluding hydrogens is 327 g/mol. The molecule has 19 heavy (non-hydrogen) atoms. The molecule has 2 aromatic carbocycles. The van der Waals surface area contributed by atoms with Gasteiger partial charge in [0.05, 0.1) is 11.0 Å². The number of para-hydroxylation sites is 2. The summed E-state index contributed by atoms with van der Waals surface area (Å²) in [5.41, 5.74) is 12.2. The monoisotopic (exact) mass is 342 g/mol. The van der Waals surface area contributed by atoms with Gasteiger partial charge in [0, 0.05) is 0 Å². The standard InChI is InChI=1S/C8H9N5.C5H5.Ru/c9-7(10)13-8-11-5-3-1-2-4-6(5)12-8;1-2-4-5-3-1;/h1-4H,(H5,9,10,11,12,13);1-5H;/q;-1;+1. The van der Waals surface area contributed by atoms with Gasteiger partial charge in [0.25, 0.3) is 0 Å². The quantitative estimate of drug-likeness (QED) is 0.273. The van der Waals surface area contributed by atoms with Crippen molar-refractivity contribution in [1.82, 2.24) is 9.97 Å². The number of hydrogen-bond donors (Lipinski definition) is 3. The second-order valence-corrected chi connectivity index (χ2v) is 3.58. The van der Waals surface area contributed by atoms with Gasteiger partial charge in [-0.15, -0.1) is 0 Å². The minimum Gasteiger partial charge on any atom is -0.370 e. The number of nitrogens with one attached hydrogen (secondary N) is 1. The van der Waals surface area contributed by atoms with Crippen molar-refractivity contribution < 1.29 is 19.5 Å². The predicted octanol–water partition coefficient (Wildman–Crippen LogP) is 1.87. The summed E-state index contributed by atoms with van der Waals surface area (Å²) < 4.78 is 0. The van der Waals surface area contributed by atoms with E-state index >= 15 is 0 Å². The number of nitrogens with two attached hydrogens (primary N) is 2. The number of guanidine groups is 1. The van der Waals surface area contributed by atoms with Crippen molar-refractivity contribution in [3.05, 3.63) is 54.6 Å². The normalized spacial score (nSPS) is 9.05. The van der Waals surface area contributed by atoms with Crippen LogP contribution in [0.1, 0.15) is 0 Å². The molecule has 0 amide bonds. The molecule has 0 aliphatic rings. The Labute approximate surface area is 123 Å². The number of aliphatic imine (C=N–C) groups is 1. The zero-order valence-corrected chi connectivity index (χ0v) is 11.8. The molecule has 0 saturated carbocycles. The van der Waals surface area contributed by atoms with E-state index in [9.17, 15) is 0 Å². The van der Waals surface area contributed by atoms with Crippen LogP contribution in [0, 0.1) is 0 Å². The molecule has 5 nitrogen and oxygen atoms in total. The van der Waals surface area contributed by atoms with Gasteiger partial charge in [0.1, 0.15) is 0 Å². The summed E-state index contributed by atoms with van der Waals surface area (Å²) in [7, 11) is 0. The molecule has 0 fully saturated rings. The van der Waals surface area contributed by atoms with E-state index in [0.29, 0.717) is 5.95 Å². The van der Waals surface area contributed by atoms with Crippen LogP contribution in [0.25, 0.3) is 11.0 Å². The Morgan fingerprint density at radius 2 is 1.79 bits per heavy atom. The number of hydrogen-bond acceptors (Lipinski definition) is 2. The van der Waals surface area contributed by atoms with Crippen molar-refractivity contribution >= 4 is 22.9 Å². The van der Waals surface area contributed by atoms with Gasteiger partial charge in [-0.25, -0.2) is 17.1 Å². The van der Waals surface area contributed by atoms with Gasteiger partial charge in [-0.05, 0) is 12.1 Å². The maximum atomic E-state index is 5.21. The van der Waals surface area contributed by atoms with E-state index in [2.05, 4.69) is 15.0 Å². The Morgan fingerprint density at radius 1 is 1.11 bits per heavy atom. The van der Waals surface area contributed by atoms with E-state index < -0.39 is 0 Å². The summed E-state index contributed by atoms with van der Waals surface area (Å²) in [6.45, 7) is 0. The molecule has 3 rings (SSSR count). The molecule has 0 aliphatic carbocycles. The Balaban J connectivity index is 0.000000256. The minimum absolute atomic E-state index is 0. The van der Waals surface area contributed by atoms with Gasteiger partial charge in [0.2, 0.25) is 5.95 Å². The third kappa shape index (κ3) is 4.60. The molecule has 0 saturated heterocycles. The van der Waals surface area contributed by atoms with Gasteiger partial charge in [-0.1, -0.05) is 12.1 Å². The zero-order valence-electron chi connectivity index (χ0n) is 10.1. The SMILES string of the molecule is NC(N)=Nc1nc2ccccc2[nH]1.[Ru+].c1cc[cH-]c1. The average Bonchev–Trinajstić information content (AvgIpc) is 3.00. The van der Waals surface area contributed by atoms with E-state index in [4.69, 9.17) is 11.5 Å². The topological polar surface area (TPSA) is 93.1 Å². The Bertz CT molecular complexity index is 573. The van der Waals surface area contributed by atoms with Crippen molar-refractivity contribution in [3.63, 3.8) is 0 Å². The molecule has 0 bridgehead atoms. The van der Waals surface area contributed by atoms with Gasteiger partial charge in [-0.2, -0.15) is 23.2 Å². The number of aromatic nitrogens is 2. The Morgan fingerprint density at radius 3 is 2.32 bits per heavy atom. The first-order valence-corrected chi connectivity index (χ1v) is 5.47. The van der Waals surface area contributed by atoms with Gasteiger partial charge in [-0.3, -0.25) is 0 Å². The van der Waals surface area contributed by atoms with Crippen LogP contribution in [0.3, 0.4) is 0 Å². The van der Waals surface area contributed by atoms with Crippen LogP contribution in [-0.2, 0) is 19.5 Å². The second kappa shape index (κ2) is 7.39. The number of benzene rings is 1. The first kappa shape index (κ1) is 15.0. The molecule has 0 unspecified atom stereocenters. The molecule has 1 aromatic heterocycles. The summed E-state index contributed by atoms with van der Waals surface area (Å²) in [5.74, 6) is 0.431. The number of nitrogens with zero attached hydrogens (tertiary/aromatic N) is 2. The van der Waals surface area contributed by atoms with Crippen molar-refractivity contribution in [2.24, 2.45) is 16.5 Å². The average molecular weight is 341 g/mol. The third-order valence-corrected chi connectivity index (χ3v) is 2.17.